The lowest BCUT2D eigenvalue weighted by Gasteiger charge is -2.46. The topological polar surface area (TPSA) is 67.4 Å². The monoisotopic (exact) mass is 350 g/mol. The molecule has 4 rings (SSSR count). The molecule has 0 radical (unpaired) electrons. The molecule has 0 saturated carbocycles. The van der Waals surface area contributed by atoms with E-state index in [0.717, 1.165) is 16.9 Å². The molecule has 2 aliphatic heterocycles. The minimum atomic E-state index is -0.766. The van der Waals surface area contributed by atoms with Crippen LogP contribution < -0.4 is 15.4 Å². The maximum atomic E-state index is 13.0. The van der Waals surface area contributed by atoms with Crippen LogP contribution >= 0.6 is 0 Å². The van der Waals surface area contributed by atoms with Gasteiger partial charge in [0.15, 0.2) is 5.72 Å². The Hall–Kier alpha value is -2.82. The summed E-state index contributed by atoms with van der Waals surface area (Å²) in [5.41, 5.74) is 1.17. The number of piperidine rings is 1. The lowest BCUT2D eigenvalue weighted by atomic mass is 9.74. The third-order valence-corrected chi connectivity index (χ3v) is 5.28. The molecule has 2 aromatic rings. The van der Waals surface area contributed by atoms with Crippen molar-refractivity contribution < 1.29 is 14.3 Å². The molecule has 5 nitrogen and oxygen atoms in total. The summed E-state index contributed by atoms with van der Waals surface area (Å²) in [6.45, 7) is 3.78. The number of carbonyl (C=O) groups excluding carboxylic acids is 2. The highest BCUT2D eigenvalue weighted by molar-refractivity contribution is 6.02. The summed E-state index contributed by atoms with van der Waals surface area (Å²) in [4.78, 5) is 25.7. The van der Waals surface area contributed by atoms with Crippen LogP contribution in [0.2, 0.25) is 0 Å². The molecule has 2 bridgehead atoms. The maximum absolute atomic E-state index is 13.0. The number of nitrogens with one attached hydrogen (secondary N) is 2. The van der Waals surface area contributed by atoms with Crippen LogP contribution in [0.1, 0.15) is 43.4 Å². The molecule has 26 heavy (non-hydrogen) atoms. The molecule has 5 heteroatoms. The Balaban J connectivity index is 1.62. The Kier molecular flexibility index (Phi) is 3.94. The molecule has 0 aliphatic carbocycles. The Morgan fingerprint density at radius 2 is 1.88 bits per heavy atom. The van der Waals surface area contributed by atoms with Crippen LogP contribution in [-0.2, 0) is 9.59 Å². The predicted molar refractivity (Wildman–Crippen MR) is 97.5 cm³/mol. The van der Waals surface area contributed by atoms with Crippen LogP contribution in [0.5, 0.6) is 5.75 Å². The first-order valence-electron chi connectivity index (χ1n) is 8.92. The van der Waals surface area contributed by atoms with Crippen LogP contribution in [0.25, 0.3) is 0 Å². The summed E-state index contributed by atoms with van der Waals surface area (Å²) >= 11 is 0. The van der Waals surface area contributed by atoms with E-state index in [2.05, 4.69) is 10.6 Å². The van der Waals surface area contributed by atoms with E-state index in [1.807, 2.05) is 68.4 Å². The van der Waals surface area contributed by atoms with E-state index in [4.69, 9.17) is 4.74 Å². The van der Waals surface area contributed by atoms with E-state index in [-0.39, 0.29) is 23.8 Å². The summed E-state index contributed by atoms with van der Waals surface area (Å²) in [5, 5.41) is 5.89. The number of hydrogen-bond acceptors (Lipinski definition) is 3. The average Bonchev–Trinajstić information content (AvgIpc) is 2.61. The standard InChI is InChI=1S/C21H22N2O3/c1-13(14-8-4-3-5-9-14)22-19(24)18-16-12-21(2,23-20(18)25)26-17-11-7-6-10-15(16)17/h3-11,13,16,18H,12H2,1-2H3,(H,22,24)(H,23,25)/t13-,16+,18+,21-/m0/s1. The third kappa shape index (κ3) is 2.83. The lowest BCUT2D eigenvalue weighted by Crippen LogP contribution is -2.63. The first-order chi connectivity index (χ1) is 12.5. The Morgan fingerprint density at radius 1 is 1.19 bits per heavy atom. The summed E-state index contributed by atoms with van der Waals surface area (Å²) in [7, 11) is 0. The van der Waals surface area contributed by atoms with Crippen molar-refractivity contribution in [2.24, 2.45) is 5.92 Å². The molecule has 0 aromatic heterocycles. The van der Waals surface area contributed by atoms with Gasteiger partial charge in [0.25, 0.3) is 0 Å². The maximum Gasteiger partial charge on any atom is 0.236 e. The molecule has 1 saturated heterocycles. The van der Waals surface area contributed by atoms with Crippen LogP contribution in [0.15, 0.2) is 54.6 Å². The van der Waals surface area contributed by atoms with Crippen molar-refractivity contribution in [2.45, 2.75) is 38.0 Å². The molecule has 1 fully saturated rings. The zero-order valence-corrected chi connectivity index (χ0v) is 14.9. The van der Waals surface area contributed by atoms with Gasteiger partial charge in [0.1, 0.15) is 11.7 Å². The predicted octanol–water partition coefficient (Wildman–Crippen LogP) is 2.89. The summed E-state index contributed by atoms with van der Waals surface area (Å²) in [6.07, 6.45) is 0.577. The number of para-hydroxylation sites is 1. The molecule has 134 valence electrons. The van der Waals surface area contributed by atoms with E-state index in [9.17, 15) is 9.59 Å². The average molecular weight is 350 g/mol. The summed E-state index contributed by atoms with van der Waals surface area (Å²) in [5.74, 6) is -0.750. The molecule has 0 unspecified atom stereocenters. The second kappa shape index (κ2) is 6.16. The highest BCUT2D eigenvalue weighted by Gasteiger charge is 2.51. The summed E-state index contributed by atoms with van der Waals surface area (Å²) < 4.78 is 5.98. The van der Waals surface area contributed by atoms with Gasteiger partial charge in [0.2, 0.25) is 11.8 Å². The first kappa shape index (κ1) is 16.6. The third-order valence-electron chi connectivity index (χ3n) is 5.28. The van der Waals surface area contributed by atoms with Gasteiger partial charge in [-0.3, -0.25) is 9.59 Å². The van der Waals surface area contributed by atoms with E-state index in [1.165, 1.54) is 0 Å². The van der Waals surface area contributed by atoms with Gasteiger partial charge in [0, 0.05) is 12.3 Å². The highest BCUT2D eigenvalue weighted by Crippen LogP contribution is 2.46. The van der Waals surface area contributed by atoms with Gasteiger partial charge in [-0.2, -0.15) is 0 Å². The van der Waals surface area contributed by atoms with Crippen molar-refractivity contribution in [2.75, 3.05) is 0 Å². The molecule has 2 aliphatic rings. The number of ether oxygens (including phenoxy) is 1. The second-order valence-corrected chi connectivity index (χ2v) is 7.29. The second-order valence-electron chi connectivity index (χ2n) is 7.29. The van der Waals surface area contributed by atoms with Gasteiger partial charge in [-0.15, -0.1) is 0 Å². The van der Waals surface area contributed by atoms with Crippen molar-refractivity contribution in [1.29, 1.82) is 0 Å². The molecule has 2 N–H and O–H groups in total. The van der Waals surface area contributed by atoms with Gasteiger partial charge in [-0.25, -0.2) is 0 Å². The smallest absolute Gasteiger partial charge is 0.236 e. The molecule has 2 amide bonds. The fourth-order valence-electron chi connectivity index (χ4n) is 4.02. The number of rotatable bonds is 3. The molecule has 2 heterocycles. The Labute approximate surface area is 152 Å². The number of benzene rings is 2. The van der Waals surface area contributed by atoms with E-state index < -0.39 is 11.6 Å². The van der Waals surface area contributed by atoms with Crippen molar-refractivity contribution in [3.8, 4) is 5.75 Å². The van der Waals surface area contributed by atoms with Crippen LogP contribution in [0.3, 0.4) is 0 Å². The summed E-state index contributed by atoms with van der Waals surface area (Å²) in [6, 6.07) is 17.2. The quantitative estimate of drug-likeness (QED) is 0.837. The van der Waals surface area contributed by atoms with Crippen molar-refractivity contribution in [3.63, 3.8) is 0 Å². The normalized spacial score (nSPS) is 27.5. The molecule has 4 atom stereocenters. The zero-order chi connectivity index (χ0) is 18.3. The van der Waals surface area contributed by atoms with Crippen molar-refractivity contribution >= 4 is 11.8 Å². The van der Waals surface area contributed by atoms with Crippen molar-refractivity contribution in [1.82, 2.24) is 10.6 Å². The molecule has 0 spiro atoms. The molecular formula is C21H22N2O3. The van der Waals surface area contributed by atoms with Gasteiger partial charge in [0.05, 0.1) is 6.04 Å². The van der Waals surface area contributed by atoms with E-state index in [1.54, 1.807) is 0 Å². The number of hydrogen-bond donors (Lipinski definition) is 2. The molecular weight excluding hydrogens is 328 g/mol. The van der Waals surface area contributed by atoms with Gasteiger partial charge >= 0.3 is 0 Å². The fraction of sp³-hybridized carbons (Fsp3) is 0.333. The van der Waals surface area contributed by atoms with Gasteiger partial charge < -0.3 is 15.4 Å². The minimum absolute atomic E-state index is 0.167. The Bertz CT molecular complexity index is 851. The van der Waals surface area contributed by atoms with Gasteiger partial charge in [-0.05, 0) is 31.0 Å². The highest BCUT2D eigenvalue weighted by atomic mass is 16.5. The zero-order valence-electron chi connectivity index (χ0n) is 14.9. The number of fused-ring (bicyclic) bond motifs is 4. The fourth-order valence-corrected chi connectivity index (χ4v) is 4.02. The van der Waals surface area contributed by atoms with Crippen molar-refractivity contribution in [3.05, 3.63) is 65.7 Å². The largest absolute Gasteiger partial charge is 0.468 e. The Morgan fingerprint density at radius 3 is 2.65 bits per heavy atom. The van der Waals surface area contributed by atoms with Crippen LogP contribution in [0, 0.1) is 5.92 Å². The van der Waals surface area contributed by atoms with Crippen LogP contribution in [0.4, 0.5) is 0 Å². The SMILES string of the molecule is C[C@H](NC(=O)[C@@H]1C(=O)N[C@]2(C)C[C@@H]1c1ccccc1O2)c1ccccc1. The lowest BCUT2D eigenvalue weighted by molar-refractivity contribution is -0.147. The van der Waals surface area contributed by atoms with Crippen LogP contribution in [-0.4, -0.2) is 17.5 Å². The minimum Gasteiger partial charge on any atom is -0.468 e. The number of amides is 2. The molecule has 2 aromatic carbocycles. The number of carbonyl (C=O) groups is 2. The van der Waals surface area contributed by atoms with Gasteiger partial charge in [-0.1, -0.05) is 48.5 Å². The van der Waals surface area contributed by atoms with E-state index >= 15 is 0 Å². The van der Waals surface area contributed by atoms with E-state index in [0.29, 0.717) is 6.42 Å². The first-order valence-corrected chi connectivity index (χ1v) is 8.92.